The molecule has 140 valence electrons. The monoisotopic (exact) mass is 369 g/mol. The zero-order chi connectivity index (χ0) is 19.8. The lowest BCUT2D eigenvalue weighted by Gasteiger charge is -2.10. The fourth-order valence-corrected chi connectivity index (χ4v) is 2.24. The van der Waals surface area contributed by atoms with Gasteiger partial charge in [0.05, 0.1) is 38.1 Å². The molecule has 1 amide bonds. The summed E-state index contributed by atoms with van der Waals surface area (Å²) in [6.45, 7) is 0. The van der Waals surface area contributed by atoms with Gasteiger partial charge in [-0.15, -0.1) is 0 Å². The average Bonchev–Trinajstić information content (AvgIpc) is 2.71. The molecule has 0 heterocycles. The molecule has 2 aromatic carbocycles. The number of methoxy groups -OCH3 is 3. The van der Waals surface area contributed by atoms with Crippen LogP contribution in [0.15, 0.2) is 48.5 Å². The Morgan fingerprint density at radius 1 is 0.889 bits per heavy atom. The molecule has 2 aromatic rings. The number of anilines is 1. The fourth-order valence-electron chi connectivity index (χ4n) is 2.24. The third-order valence-electron chi connectivity index (χ3n) is 3.65. The predicted molar refractivity (Wildman–Crippen MR) is 99.8 cm³/mol. The summed E-state index contributed by atoms with van der Waals surface area (Å²) < 4.78 is 14.4. The first kappa shape index (κ1) is 19.7. The Bertz CT molecular complexity index is 871. The zero-order valence-electron chi connectivity index (χ0n) is 15.1. The van der Waals surface area contributed by atoms with Gasteiger partial charge in [-0.1, -0.05) is 12.1 Å². The van der Waals surface area contributed by atoms with Gasteiger partial charge in [0, 0.05) is 6.08 Å². The van der Waals surface area contributed by atoms with Gasteiger partial charge < -0.3 is 19.5 Å². The summed E-state index contributed by atoms with van der Waals surface area (Å²) in [5.74, 6) is -0.992. The lowest BCUT2D eigenvalue weighted by molar-refractivity contribution is -0.111. The summed E-state index contributed by atoms with van der Waals surface area (Å²) in [7, 11) is 4.04. The number of carbonyl (C=O) groups is 3. The maximum atomic E-state index is 12.2. The smallest absolute Gasteiger partial charge is 0.339 e. The van der Waals surface area contributed by atoms with E-state index in [0.29, 0.717) is 5.75 Å². The van der Waals surface area contributed by atoms with E-state index in [4.69, 9.17) is 9.47 Å². The van der Waals surface area contributed by atoms with E-state index in [1.807, 2.05) is 0 Å². The molecule has 2 rings (SSSR count). The summed E-state index contributed by atoms with van der Waals surface area (Å²) in [4.78, 5) is 35.8. The topological polar surface area (TPSA) is 90.9 Å². The second-order valence-electron chi connectivity index (χ2n) is 5.34. The molecule has 0 fully saturated rings. The van der Waals surface area contributed by atoms with Crippen LogP contribution in [0.4, 0.5) is 5.69 Å². The highest BCUT2D eigenvalue weighted by atomic mass is 16.5. The van der Waals surface area contributed by atoms with Crippen LogP contribution in [-0.4, -0.2) is 39.2 Å². The Morgan fingerprint density at radius 3 is 2.15 bits per heavy atom. The zero-order valence-corrected chi connectivity index (χ0v) is 15.1. The standard InChI is InChI=1S/C20H19NO6/c1-25-15-8-4-13(5-9-15)6-11-18(22)21-17-12-14(19(23)26-2)7-10-16(17)20(24)27-3/h4-12H,1-3H3,(H,21,22). The van der Waals surface area contributed by atoms with Gasteiger partial charge in [-0.25, -0.2) is 9.59 Å². The number of amides is 1. The summed E-state index contributed by atoms with van der Waals surface area (Å²) in [5, 5.41) is 2.58. The molecule has 0 bridgehead atoms. The van der Waals surface area contributed by atoms with Gasteiger partial charge in [-0.2, -0.15) is 0 Å². The van der Waals surface area contributed by atoms with Crippen LogP contribution in [0.2, 0.25) is 0 Å². The van der Waals surface area contributed by atoms with Crippen molar-refractivity contribution in [3.05, 3.63) is 65.2 Å². The molecule has 7 nitrogen and oxygen atoms in total. The van der Waals surface area contributed by atoms with Crippen LogP contribution in [0.25, 0.3) is 6.08 Å². The van der Waals surface area contributed by atoms with Crippen molar-refractivity contribution in [3.63, 3.8) is 0 Å². The van der Waals surface area contributed by atoms with Crippen LogP contribution in [0.3, 0.4) is 0 Å². The Hall–Kier alpha value is -3.61. The molecule has 0 radical (unpaired) electrons. The number of hydrogen-bond donors (Lipinski definition) is 1. The maximum absolute atomic E-state index is 12.2. The normalized spacial score (nSPS) is 10.3. The minimum Gasteiger partial charge on any atom is -0.497 e. The Kier molecular flexibility index (Phi) is 6.71. The largest absolute Gasteiger partial charge is 0.497 e. The van der Waals surface area contributed by atoms with Crippen LogP contribution in [0.5, 0.6) is 5.75 Å². The highest BCUT2D eigenvalue weighted by Crippen LogP contribution is 2.20. The number of esters is 2. The van der Waals surface area contributed by atoms with Crippen molar-refractivity contribution in [3.8, 4) is 5.75 Å². The third-order valence-corrected chi connectivity index (χ3v) is 3.65. The number of ether oxygens (including phenoxy) is 3. The predicted octanol–water partition coefficient (Wildman–Crippen LogP) is 2.92. The molecule has 1 N–H and O–H groups in total. The Labute approximate surface area is 156 Å². The van der Waals surface area contributed by atoms with Crippen molar-refractivity contribution >= 4 is 29.6 Å². The van der Waals surface area contributed by atoms with Crippen LogP contribution in [-0.2, 0) is 14.3 Å². The summed E-state index contributed by atoms with van der Waals surface area (Å²) in [5.41, 5.74) is 1.26. The number of hydrogen-bond acceptors (Lipinski definition) is 6. The van der Waals surface area contributed by atoms with E-state index in [0.717, 1.165) is 5.56 Å². The van der Waals surface area contributed by atoms with Crippen LogP contribution >= 0.6 is 0 Å². The molecule has 0 saturated heterocycles. The first-order valence-corrected chi connectivity index (χ1v) is 7.92. The van der Waals surface area contributed by atoms with Gasteiger partial charge in [-0.05, 0) is 42.0 Å². The van der Waals surface area contributed by atoms with E-state index in [1.54, 1.807) is 37.5 Å². The van der Waals surface area contributed by atoms with Crippen molar-refractivity contribution in [2.24, 2.45) is 0 Å². The van der Waals surface area contributed by atoms with Gasteiger partial charge >= 0.3 is 11.9 Å². The van der Waals surface area contributed by atoms with E-state index in [1.165, 1.54) is 38.5 Å². The van der Waals surface area contributed by atoms with Gasteiger partial charge in [0.1, 0.15) is 5.75 Å². The third kappa shape index (κ3) is 5.18. The second-order valence-corrected chi connectivity index (χ2v) is 5.34. The number of rotatable bonds is 6. The van der Waals surface area contributed by atoms with Crippen LogP contribution in [0.1, 0.15) is 26.3 Å². The lowest BCUT2D eigenvalue weighted by atomic mass is 10.1. The SMILES string of the molecule is COC(=O)c1ccc(C(=O)OC)c(NC(=O)C=Cc2ccc(OC)cc2)c1. The van der Waals surface area contributed by atoms with Crippen molar-refractivity contribution in [2.45, 2.75) is 0 Å². The van der Waals surface area contributed by atoms with Gasteiger partial charge in [0.15, 0.2) is 0 Å². The molecule has 0 aliphatic carbocycles. The molecule has 0 saturated carbocycles. The fraction of sp³-hybridized carbons (Fsp3) is 0.150. The van der Waals surface area contributed by atoms with E-state index in [2.05, 4.69) is 10.1 Å². The number of benzene rings is 2. The van der Waals surface area contributed by atoms with Gasteiger partial charge in [0.2, 0.25) is 5.91 Å². The molecule has 0 atom stereocenters. The Balaban J connectivity index is 2.22. The molecule has 27 heavy (non-hydrogen) atoms. The molecule has 0 aliphatic heterocycles. The van der Waals surface area contributed by atoms with Gasteiger partial charge in [0.25, 0.3) is 0 Å². The lowest BCUT2D eigenvalue weighted by Crippen LogP contribution is -2.14. The highest BCUT2D eigenvalue weighted by Gasteiger charge is 2.16. The highest BCUT2D eigenvalue weighted by molar-refractivity contribution is 6.07. The first-order valence-electron chi connectivity index (χ1n) is 7.92. The van der Waals surface area contributed by atoms with Crippen LogP contribution < -0.4 is 10.1 Å². The number of nitrogens with one attached hydrogen (secondary N) is 1. The Morgan fingerprint density at radius 2 is 1.56 bits per heavy atom. The van der Waals surface area contributed by atoms with E-state index in [-0.39, 0.29) is 16.8 Å². The second kappa shape index (κ2) is 9.19. The number of carbonyl (C=O) groups excluding carboxylic acids is 3. The average molecular weight is 369 g/mol. The molecular weight excluding hydrogens is 350 g/mol. The molecule has 0 spiro atoms. The quantitative estimate of drug-likeness (QED) is 0.622. The van der Waals surface area contributed by atoms with Crippen LogP contribution in [0, 0.1) is 0 Å². The van der Waals surface area contributed by atoms with Crippen molar-refractivity contribution in [1.29, 1.82) is 0 Å². The molecule has 0 unspecified atom stereocenters. The summed E-state index contributed by atoms with van der Waals surface area (Å²) in [6, 6.07) is 11.3. The van der Waals surface area contributed by atoms with Crippen molar-refractivity contribution in [2.75, 3.05) is 26.6 Å². The van der Waals surface area contributed by atoms with E-state index >= 15 is 0 Å². The molecule has 0 aliphatic rings. The summed E-state index contributed by atoms with van der Waals surface area (Å²) in [6.07, 6.45) is 2.92. The minimum absolute atomic E-state index is 0.122. The van der Waals surface area contributed by atoms with E-state index < -0.39 is 17.8 Å². The van der Waals surface area contributed by atoms with Crippen molar-refractivity contribution in [1.82, 2.24) is 0 Å². The van der Waals surface area contributed by atoms with Gasteiger partial charge in [-0.3, -0.25) is 4.79 Å². The summed E-state index contributed by atoms with van der Waals surface area (Å²) >= 11 is 0. The molecule has 7 heteroatoms. The first-order chi connectivity index (χ1) is 13.0. The maximum Gasteiger partial charge on any atom is 0.339 e. The molecular formula is C20H19NO6. The minimum atomic E-state index is -0.638. The van der Waals surface area contributed by atoms with E-state index in [9.17, 15) is 14.4 Å². The molecule has 0 aromatic heterocycles. The van der Waals surface area contributed by atoms with Crippen molar-refractivity contribution < 1.29 is 28.6 Å².